The molecule has 0 aromatic carbocycles. The van der Waals surface area contributed by atoms with Gasteiger partial charge in [0.05, 0.1) is 6.54 Å². The van der Waals surface area contributed by atoms with E-state index in [1.54, 1.807) is 11.0 Å². The second-order valence-electron chi connectivity index (χ2n) is 2.43. The number of hydrogen-bond donors (Lipinski definition) is 1. The molecule has 0 aliphatic rings. The van der Waals surface area contributed by atoms with E-state index in [0.29, 0.717) is 6.54 Å². The summed E-state index contributed by atoms with van der Waals surface area (Å²) in [6.07, 6.45) is 3.18. The molecule has 2 heterocycles. The third-order valence-electron chi connectivity index (χ3n) is 1.41. The van der Waals surface area contributed by atoms with Gasteiger partial charge in [0.2, 0.25) is 5.13 Å². The number of nitrogens with one attached hydrogen (secondary N) is 1. The van der Waals surface area contributed by atoms with Crippen LogP contribution in [-0.2, 0) is 13.6 Å². The van der Waals surface area contributed by atoms with Crippen molar-refractivity contribution >= 4 is 16.7 Å². The lowest BCUT2D eigenvalue weighted by Crippen LogP contribution is -2.01. The molecule has 7 heteroatoms. The van der Waals surface area contributed by atoms with E-state index >= 15 is 0 Å². The second-order valence-corrected chi connectivity index (χ2v) is 3.21. The van der Waals surface area contributed by atoms with E-state index in [4.69, 9.17) is 0 Å². The highest BCUT2D eigenvalue weighted by molar-refractivity contribution is 7.09. The molecule has 0 aliphatic carbocycles. The number of aromatic nitrogens is 5. The fraction of sp³-hybridized carbons (Fsp3) is 0.333. The van der Waals surface area contributed by atoms with Gasteiger partial charge >= 0.3 is 0 Å². The third kappa shape index (κ3) is 2.00. The first-order valence-electron chi connectivity index (χ1n) is 3.69. The maximum Gasteiger partial charge on any atom is 0.202 e. The molecule has 6 nitrogen and oxygen atoms in total. The Morgan fingerprint density at radius 1 is 1.54 bits per heavy atom. The molecule has 0 aliphatic heterocycles. The lowest BCUT2D eigenvalue weighted by molar-refractivity contribution is 0.747. The first-order valence-corrected chi connectivity index (χ1v) is 4.47. The lowest BCUT2D eigenvalue weighted by atomic mass is 10.6. The second kappa shape index (κ2) is 3.48. The van der Waals surface area contributed by atoms with Gasteiger partial charge < -0.3 is 5.32 Å². The van der Waals surface area contributed by atoms with Gasteiger partial charge in [0, 0.05) is 18.6 Å². The Morgan fingerprint density at radius 3 is 3.08 bits per heavy atom. The van der Waals surface area contributed by atoms with Crippen molar-refractivity contribution in [2.75, 3.05) is 5.32 Å². The van der Waals surface area contributed by atoms with E-state index in [1.807, 2.05) is 7.05 Å². The van der Waals surface area contributed by atoms with Crippen molar-refractivity contribution in [3.63, 3.8) is 0 Å². The quantitative estimate of drug-likeness (QED) is 0.763. The van der Waals surface area contributed by atoms with Gasteiger partial charge in [0.15, 0.2) is 5.82 Å². The summed E-state index contributed by atoms with van der Waals surface area (Å²) in [5, 5.41) is 7.96. The van der Waals surface area contributed by atoms with Crippen molar-refractivity contribution in [1.29, 1.82) is 0 Å². The molecule has 13 heavy (non-hydrogen) atoms. The highest BCUT2D eigenvalue weighted by Crippen LogP contribution is 2.06. The zero-order valence-electron chi connectivity index (χ0n) is 7.01. The van der Waals surface area contributed by atoms with Crippen LogP contribution in [0.15, 0.2) is 12.7 Å². The van der Waals surface area contributed by atoms with Crippen LogP contribution in [0.3, 0.4) is 0 Å². The Morgan fingerprint density at radius 2 is 2.46 bits per heavy atom. The van der Waals surface area contributed by atoms with Gasteiger partial charge in [-0.05, 0) is 0 Å². The molecule has 2 aromatic heterocycles. The molecule has 0 fully saturated rings. The fourth-order valence-electron chi connectivity index (χ4n) is 0.871. The largest absolute Gasteiger partial charge is 0.353 e. The molecule has 0 radical (unpaired) electrons. The summed E-state index contributed by atoms with van der Waals surface area (Å²) in [4.78, 5) is 8.03. The molecule has 0 saturated carbocycles. The number of nitrogens with zero attached hydrogens (tertiary/aromatic N) is 5. The highest BCUT2D eigenvalue weighted by Gasteiger charge is 1.99. The Balaban J connectivity index is 1.93. The van der Waals surface area contributed by atoms with E-state index in [1.165, 1.54) is 17.9 Å². The van der Waals surface area contributed by atoms with Crippen LogP contribution in [0.2, 0.25) is 0 Å². The third-order valence-corrected chi connectivity index (χ3v) is 2.03. The van der Waals surface area contributed by atoms with Crippen LogP contribution >= 0.6 is 11.5 Å². The predicted octanol–water partition coefficient (Wildman–Crippen LogP) is 0.279. The predicted molar refractivity (Wildman–Crippen MR) is 48.2 cm³/mol. The first-order chi connectivity index (χ1) is 6.34. The summed E-state index contributed by atoms with van der Waals surface area (Å²) in [5.74, 6) is 0.748. The standard InChI is InChI=1S/C6H8N6S/c1-12-4-9-5(11-12)2-7-6-8-3-10-13-6/h3-4H,2H2,1H3,(H,7,8,10). The number of anilines is 1. The maximum absolute atomic E-state index is 4.11. The lowest BCUT2D eigenvalue weighted by Gasteiger charge is -1.95. The summed E-state index contributed by atoms with van der Waals surface area (Å²) < 4.78 is 5.53. The molecule has 2 aromatic rings. The van der Waals surface area contributed by atoms with Crippen LogP contribution in [0.5, 0.6) is 0 Å². The van der Waals surface area contributed by atoms with Crippen molar-refractivity contribution in [2.24, 2.45) is 7.05 Å². The van der Waals surface area contributed by atoms with Gasteiger partial charge in [-0.2, -0.15) is 9.47 Å². The van der Waals surface area contributed by atoms with Crippen molar-refractivity contribution in [1.82, 2.24) is 24.1 Å². The molecule has 0 bridgehead atoms. The Hall–Kier alpha value is -1.50. The number of rotatable bonds is 3. The van der Waals surface area contributed by atoms with Crippen molar-refractivity contribution in [3.05, 3.63) is 18.5 Å². The van der Waals surface area contributed by atoms with E-state index in [2.05, 4.69) is 24.8 Å². The molecular weight excluding hydrogens is 188 g/mol. The van der Waals surface area contributed by atoms with Crippen LogP contribution in [0.4, 0.5) is 5.13 Å². The minimum absolute atomic E-state index is 0.579. The minimum Gasteiger partial charge on any atom is -0.353 e. The van der Waals surface area contributed by atoms with Crippen LogP contribution in [0.25, 0.3) is 0 Å². The molecular formula is C6H8N6S. The average Bonchev–Trinajstić information content (AvgIpc) is 2.71. The van der Waals surface area contributed by atoms with E-state index in [0.717, 1.165) is 11.0 Å². The topological polar surface area (TPSA) is 68.5 Å². The molecule has 0 unspecified atom stereocenters. The van der Waals surface area contributed by atoms with Gasteiger partial charge in [-0.15, -0.1) is 0 Å². The number of aryl methyl sites for hydroxylation is 1. The van der Waals surface area contributed by atoms with E-state index < -0.39 is 0 Å². The molecule has 0 spiro atoms. The monoisotopic (exact) mass is 196 g/mol. The normalized spacial score (nSPS) is 10.2. The Labute approximate surface area is 78.8 Å². The van der Waals surface area contributed by atoms with Gasteiger partial charge in [-0.1, -0.05) is 0 Å². The molecule has 0 amide bonds. The van der Waals surface area contributed by atoms with Gasteiger partial charge in [-0.25, -0.2) is 9.97 Å². The molecule has 0 atom stereocenters. The van der Waals surface area contributed by atoms with E-state index in [-0.39, 0.29) is 0 Å². The summed E-state index contributed by atoms with van der Waals surface area (Å²) >= 11 is 1.31. The van der Waals surface area contributed by atoms with Crippen LogP contribution in [0, 0.1) is 0 Å². The van der Waals surface area contributed by atoms with Crippen molar-refractivity contribution < 1.29 is 0 Å². The summed E-state index contributed by atoms with van der Waals surface area (Å²) in [5.41, 5.74) is 0. The Bertz CT molecular complexity index is 366. The zero-order chi connectivity index (χ0) is 9.10. The van der Waals surface area contributed by atoms with Crippen molar-refractivity contribution in [3.8, 4) is 0 Å². The number of hydrogen-bond acceptors (Lipinski definition) is 6. The molecule has 0 saturated heterocycles. The molecule has 1 N–H and O–H groups in total. The maximum atomic E-state index is 4.11. The van der Waals surface area contributed by atoms with Crippen LogP contribution < -0.4 is 5.32 Å². The Kier molecular flexibility index (Phi) is 2.17. The smallest absolute Gasteiger partial charge is 0.202 e. The summed E-state index contributed by atoms with van der Waals surface area (Å²) in [6, 6.07) is 0. The summed E-state index contributed by atoms with van der Waals surface area (Å²) in [7, 11) is 1.83. The van der Waals surface area contributed by atoms with Crippen molar-refractivity contribution in [2.45, 2.75) is 6.54 Å². The van der Waals surface area contributed by atoms with Crippen LogP contribution in [-0.4, -0.2) is 24.1 Å². The van der Waals surface area contributed by atoms with Gasteiger partial charge in [0.1, 0.15) is 12.7 Å². The highest BCUT2D eigenvalue weighted by atomic mass is 32.1. The summed E-state index contributed by atoms with van der Waals surface area (Å²) in [6.45, 7) is 0.579. The first kappa shape index (κ1) is 8.11. The molecule has 2 rings (SSSR count). The minimum atomic E-state index is 0.579. The molecule has 68 valence electrons. The zero-order valence-corrected chi connectivity index (χ0v) is 7.82. The van der Waals surface area contributed by atoms with Gasteiger partial charge in [0.25, 0.3) is 0 Å². The SMILES string of the molecule is Cn1cnc(CNc2ncns2)n1. The van der Waals surface area contributed by atoms with Crippen LogP contribution in [0.1, 0.15) is 5.82 Å². The average molecular weight is 196 g/mol. The van der Waals surface area contributed by atoms with Gasteiger partial charge in [-0.3, -0.25) is 4.68 Å². The van der Waals surface area contributed by atoms with E-state index in [9.17, 15) is 0 Å². The fourth-order valence-corrected chi connectivity index (χ4v) is 1.30.